The van der Waals surface area contributed by atoms with Gasteiger partial charge in [-0.15, -0.1) is 0 Å². The van der Waals surface area contributed by atoms with E-state index in [9.17, 15) is 4.79 Å². The molecule has 0 aromatic heterocycles. The molecule has 0 fully saturated rings. The largest absolute Gasteiger partial charge is 0.324 e. The molecule has 0 saturated carbocycles. The van der Waals surface area contributed by atoms with Crippen molar-refractivity contribution in [2.45, 2.75) is 32.9 Å². The number of nitrogens with one attached hydrogen (secondary N) is 1. The SMILES string of the molecule is Cc1ccc(CN(C)C)cc1NC(=O)C(C)(C)N. The molecule has 1 aromatic rings. The van der Waals surface area contributed by atoms with E-state index in [4.69, 9.17) is 5.73 Å². The van der Waals surface area contributed by atoms with Gasteiger partial charge in [0, 0.05) is 12.2 Å². The first kappa shape index (κ1) is 14.7. The standard InChI is InChI=1S/C14H23N3O/c1-10-6-7-11(9-17(4)5)8-12(10)16-13(18)14(2,3)15/h6-8H,9,15H2,1-5H3,(H,16,18). The molecule has 0 radical (unpaired) electrons. The average molecular weight is 249 g/mol. The minimum atomic E-state index is -0.871. The summed E-state index contributed by atoms with van der Waals surface area (Å²) >= 11 is 0. The normalized spacial score (nSPS) is 11.7. The van der Waals surface area contributed by atoms with Crippen molar-refractivity contribution in [3.05, 3.63) is 29.3 Å². The van der Waals surface area contributed by atoms with Gasteiger partial charge in [-0.05, 0) is 52.1 Å². The Balaban J connectivity index is 2.91. The first-order valence-electron chi connectivity index (χ1n) is 6.05. The van der Waals surface area contributed by atoms with Gasteiger partial charge in [-0.2, -0.15) is 0 Å². The molecule has 100 valence electrons. The zero-order valence-corrected chi connectivity index (χ0v) is 11.9. The van der Waals surface area contributed by atoms with Crippen LogP contribution in [0.1, 0.15) is 25.0 Å². The summed E-state index contributed by atoms with van der Waals surface area (Å²) in [5, 5.41) is 2.88. The van der Waals surface area contributed by atoms with E-state index in [0.717, 1.165) is 23.4 Å². The van der Waals surface area contributed by atoms with Crippen molar-refractivity contribution in [3.63, 3.8) is 0 Å². The first-order chi connectivity index (χ1) is 8.20. The van der Waals surface area contributed by atoms with Crippen molar-refractivity contribution < 1.29 is 4.79 Å². The van der Waals surface area contributed by atoms with Gasteiger partial charge >= 0.3 is 0 Å². The first-order valence-corrected chi connectivity index (χ1v) is 6.05. The molecule has 18 heavy (non-hydrogen) atoms. The summed E-state index contributed by atoms with van der Waals surface area (Å²) in [6.45, 7) is 6.20. The summed E-state index contributed by atoms with van der Waals surface area (Å²) in [4.78, 5) is 14.0. The highest BCUT2D eigenvalue weighted by Crippen LogP contribution is 2.18. The third-order valence-corrected chi connectivity index (χ3v) is 2.63. The second-order valence-corrected chi connectivity index (χ2v) is 5.56. The molecule has 0 unspecified atom stereocenters. The van der Waals surface area contributed by atoms with Crippen LogP contribution < -0.4 is 11.1 Å². The lowest BCUT2D eigenvalue weighted by atomic mass is 10.0. The number of aryl methyl sites for hydroxylation is 1. The van der Waals surface area contributed by atoms with Crippen LogP contribution in [0, 0.1) is 6.92 Å². The van der Waals surface area contributed by atoms with Gasteiger partial charge in [0.25, 0.3) is 0 Å². The quantitative estimate of drug-likeness (QED) is 0.854. The molecular formula is C14H23N3O. The molecule has 0 atom stereocenters. The third kappa shape index (κ3) is 4.13. The van der Waals surface area contributed by atoms with E-state index >= 15 is 0 Å². The van der Waals surface area contributed by atoms with Crippen LogP contribution in [0.25, 0.3) is 0 Å². The predicted molar refractivity (Wildman–Crippen MR) is 75.5 cm³/mol. The van der Waals surface area contributed by atoms with Gasteiger partial charge in [-0.3, -0.25) is 4.79 Å². The summed E-state index contributed by atoms with van der Waals surface area (Å²) in [5.74, 6) is -0.174. The number of carbonyl (C=O) groups is 1. The molecule has 1 rings (SSSR count). The monoisotopic (exact) mass is 249 g/mol. The summed E-state index contributed by atoms with van der Waals surface area (Å²) < 4.78 is 0. The minimum Gasteiger partial charge on any atom is -0.324 e. The molecule has 0 aliphatic rings. The molecule has 0 bridgehead atoms. The average Bonchev–Trinajstić information content (AvgIpc) is 2.20. The summed E-state index contributed by atoms with van der Waals surface area (Å²) in [6, 6.07) is 6.08. The topological polar surface area (TPSA) is 58.4 Å². The number of nitrogens with zero attached hydrogens (tertiary/aromatic N) is 1. The van der Waals surface area contributed by atoms with Gasteiger partial charge in [-0.1, -0.05) is 12.1 Å². The van der Waals surface area contributed by atoms with E-state index in [-0.39, 0.29) is 5.91 Å². The number of rotatable bonds is 4. The third-order valence-electron chi connectivity index (χ3n) is 2.63. The Labute approximate surface area is 109 Å². The molecular weight excluding hydrogens is 226 g/mol. The fourth-order valence-electron chi connectivity index (χ4n) is 1.55. The van der Waals surface area contributed by atoms with E-state index < -0.39 is 5.54 Å². The summed E-state index contributed by atoms with van der Waals surface area (Å²) in [7, 11) is 4.03. The van der Waals surface area contributed by atoms with E-state index in [1.54, 1.807) is 13.8 Å². The number of hydrogen-bond acceptors (Lipinski definition) is 3. The number of benzene rings is 1. The van der Waals surface area contributed by atoms with Gasteiger partial charge < -0.3 is 16.0 Å². The Kier molecular flexibility index (Phi) is 4.48. The van der Waals surface area contributed by atoms with Crippen molar-refractivity contribution in [1.29, 1.82) is 0 Å². The Hall–Kier alpha value is -1.39. The molecule has 0 saturated heterocycles. The summed E-state index contributed by atoms with van der Waals surface area (Å²) in [5.41, 5.74) is 7.94. The summed E-state index contributed by atoms with van der Waals surface area (Å²) in [6.07, 6.45) is 0. The van der Waals surface area contributed by atoms with Gasteiger partial charge in [0.2, 0.25) is 5.91 Å². The smallest absolute Gasteiger partial charge is 0.243 e. The number of nitrogens with two attached hydrogens (primary N) is 1. The van der Waals surface area contributed by atoms with E-state index in [0.29, 0.717) is 0 Å². The van der Waals surface area contributed by atoms with Crippen LogP contribution in [-0.4, -0.2) is 30.4 Å². The van der Waals surface area contributed by atoms with E-state index in [1.807, 2.05) is 33.2 Å². The zero-order chi connectivity index (χ0) is 13.9. The number of anilines is 1. The van der Waals surface area contributed by atoms with Crippen LogP contribution in [-0.2, 0) is 11.3 Å². The predicted octanol–water partition coefficient (Wildman–Crippen LogP) is 1.73. The second-order valence-electron chi connectivity index (χ2n) is 5.56. The van der Waals surface area contributed by atoms with E-state index in [2.05, 4.69) is 16.3 Å². The van der Waals surface area contributed by atoms with Crippen LogP contribution in [0.5, 0.6) is 0 Å². The molecule has 1 amide bonds. The lowest BCUT2D eigenvalue weighted by Crippen LogP contribution is -2.45. The molecule has 0 aliphatic heterocycles. The van der Waals surface area contributed by atoms with E-state index in [1.165, 1.54) is 0 Å². The number of hydrogen-bond donors (Lipinski definition) is 2. The van der Waals surface area contributed by atoms with Crippen molar-refractivity contribution in [1.82, 2.24) is 4.90 Å². The van der Waals surface area contributed by atoms with Crippen LogP contribution >= 0.6 is 0 Å². The minimum absolute atomic E-state index is 0.174. The van der Waals surface area contributed by atoms with Crippen LogP contribution in [0.15, 0.2) is 18.2 Å². The highest BCUT2D eigenvalue weighted by atomic mass is 16.2. The van der Waals surface area contributed by atoms with Crippen LogP contribution in [0.4, 0.5) is 5.69 Å². The molecule has 0 spiro atoms. The Bertz CT molecular complexity index is 433. The fraction of sp³-hybridized carbons (Fsp3) is 0.500. The maximum atomic E-state index is 11.9. The highest BCUT2D eigenvalue weighted by Gasteiger charge is 2.22. The maximum Gasteiger partial charge on any atom is 0.243 e. The highest BCUT2D eigenvalue weighted by molar-refractivity contribution is 5.97. The molecule has 4 nitrogen and oxygen atoms in total. The molecule has 3 N–H and O–H groups in total. The lowest BCUT2D eigenvalue weighted by molar-refractivity contribution is -0.120. The van der Waals surface area contributed by atoms with Crippen molar-refractivity contribution in [2.24, 2.45) is 5.73 Å². The number of amides is 1. The second kappa shape index (κ2) is 5.50. The fourth-order valence-corrected chi connectivity index (χ4v) is 1.55. The molecule has 0 heterocycles. The van der Waals surface area contributed by atoms with Gasteiger partial charge in [0.15, 0.2) is 0 Å². The Morgan fingerprint density at radius 3 is 2.50 bits per heavy atom. The number of carbonyl (C=O) groups excluding carboxylic acids is 1. The van der Waals surface area contributed by atoms with Gasteiger partial charge in [0.1, 0.15) is 0 Å². The van der Waals surface area contributed by atoms with Crippen LogP contribution in [0.2, 0.25) is 0 Å². The molecule has 0 aliphatic carbocycles. The Morgan fingerprint density at radius 1 is 1.39 bits per heavy atom. The lowest BCUT2D eigenvalue weighted by Gasteiger charge is -2.19. The molecule has 4 heteroatoms. The van der Waals surface area contributed by atoms with Crippen molar-refractivity contribution >= 4 is 11.6 Å². The van der Waals surface area contributed by atoms with Crippen LogP contribution in [0.3, 0.4) is 0 Å². The van der Waals surface area contributed by atoms with Crippen molar-refractivity contribution in [3.8, 4) is 0 Å². The van der Waals surface area contributed by atoms with Gasteiger partial charge in [0.05, 0.1) is 5.54 Å². The zero-order valence-electron chi connectivity index (χ0n) is 11.9. The molecule has 1 aromatic carbocycles. The van der Waals surface area contributed by atoms with Gasteiger partial charge in [-0.25, -0.2) is 0 Å². The van der Waals surface area contributed by atoms with Crippen molar-refractivity contribution in [2.75, 3.05) is 19.4 Å². The Morgan fingerprint density at radius 2 is 2.00 bits per heavy atom. The maximum absolute atomic E-state index is 11.9.